The van der Waals surface area contributed by atoms with Gasteiger partial charge < -0.3 is 5.32 Å². The Bertz CT molecular complexity index is 1530. The molecule has 0 aliphatic carbocycles. The van der Waals surface area contributed by atoms with Crippen LogP contribution in [-0.4, -0.2) is 26.6 Å². The van der Waals surface area contributed by atoms with E-state index in [-0.39, 0.29) is 16.6 Å². The molecule has 5 nitrogen and oxygen atoms in total. The fourth-order valence-corrected chi connectivity index (χ4v) is 4.06. The quantitative estimate of drug-likeness (QED) is 0.331. The summed E-state index contributed by atoms with van der Waals surface area (Å²) >= 11 is 0. The van der Waals surface area contributed by atoms with E-state index in [0.717, 1.165) is 12.1 Å². The van der Waals surface area contributed by atoms with Crippen LogP contribution in [0.15, 0.2) is 54.9 Å². The van der Waals surface area contributed by atoms with E-state index < -0.39 is 18.1 Å². The van der Waals surface area contributed by atoms with Gasteiger partial charge in [-0.15, -0.1) is 0 Å². The van der Waals surface area contributed by atoms with Crippen molar-refractivity contribution in [1.29, 1.82) is 0 Å². The van der Waals surface area contributed by atoms with Crippen molar-refractivity contribution < 1.29 is 17.6 Å². The van der Waals surface area contributed by atoms with Crippen LogP contribution in [0.5, 0.6) is 0 Å². The Balaban J connectivity index is 1.83. The summed E-state index contributed by atoms with van der Waals surface area (Å²) in [6.45, 7) is 1.75. The van der Waals surface area contributed by atoms with Crippen LogP contribution in [-0.2, 0) is 0 Å². The third-order valence-corrected chi connectivity index (χ3v) is 5.55. The van der Waals surface area contributed by atoms with Gasteiger partial charge in [0.25, 0.3) is 6.43 Å². The van der Waals surface area contributed by atoms with Crippen molar-refractivity contribution in [3.05, 3.63) is 78.0 Å². The highest BCUT2D eigenvalue weighted by Gasteiger charge is 2.20. The number of anilines is 1. The molecule has 3 heterocycles. The molecule has 9 heteroatoms. The number of nitrogens with one attached hydrogen (secondary N) is 1. The third kappa shape index (κ3) is 3.36. The molecule has 0 aliphatic rings. The maximum absolute atomic E-state index is 14.8. The van der Waals surface area contributed by atoms with Crippen molar-refractivity contribution >= 4 is 27.6 Å². The minimum absolute atomic E-state index is 0.0280. The summed E-state index contributed by atoms with van der Waals surface area (Å²) in [4.78, 5) is 12.4. The normalized spacial score (nSPS) is 11.6. The van der Waals surface area contributed by atoms with Crippen molar-refractivity contribution in [1.82, 2.24) is 19.5 Å². The molecule has 0 radical (unpaired) electrons. The summed E-state index contributed by atoms with van der Waals surface area (Å²) in [5, 5.41) is 3.11. The molecule has 0 saturated carbocycles. The fourth-order valence-electron chi connectivity index (χ4n) is 4.06. The number of rotatable bonds is 4. The first-order valence-electron chi connectivity index (χ1n) is 10.1. The first kappa shape index (κ1) is 20.9. The Morgan fingerprint density at radius 2 is 1.64 bits per heavy atom. The van der Waals surface area contributed by atoms with Gasteiger partial charge in [0.05, 0.1) is 22.3 Å². The molecule has 0 bridgehead atoms. The van der Waals surface area contributed by atoms with E-state index >= 15 is 0 Å². The van der Waals surface area contributed by atoms with E-state index in [2.05, 4.69) is 20.3 Å². The van der Waals surface area contributed by atoms with Crippen LogP contribution in [0.25, 0.3) is 38.8 Å². The van der Waals surface area contributed by atoms with E-state index in [0.29, 0.717) is 39.4 Å². The zero-order valence-electron chi connectivity index (χ0n) is 17.6. The van der Waals surface area contributed by atoms with Gasteiger partial charge in [0, 0.05) is 19.4 Å². The number of aryl methyl sites for hydroxylation is 1. The first-order chi connectivity index (χ1) is 15.9. The first-order valence-corrected chi connectivity index (χ1v) is 10.1. The maximum atomic E-state index is 14.8. The van der Waals surface area contributed by atoms with Gasteiger partial charge in [-0.25, -0.2) is 22.5 Å². The number of hydrogen-bond donors (Lipinski definition) is 1. The standard InChI is InChI=1S/C24H17F4N5/c1-12-32-23-17(29-2)10-14(13-5-7-30-18(9-13)24(27)28)11-20(23)33(12)19-6-8-31-22-16(26)4-3-15(25)21(19)22/h3-11,24,29H,1-2H3. The summed E-state index contributed by atoms with van der Waals surface area (Å²) in [5.41, 5.74) is 2.99. The third-order valence-electron chi connectivity index (χ3n) is 5.55. The Hall–Kier alpha value is -4.01. The number of imidazole rings is 1. The zero-order chi connectivity index (χ0) is 23.3. The molecule has 0 atom stereocenters. The molecule has 0 fully saturated rings. The van der Waals surface area contributed by atoms with Crippen LogP contribution in [0, 0.1) is 18.6 Å². The van der Waals surface area contributed by atoms with Gasteiger partial charge in [0.1, 0.15) is 34.2 Å². The number of nitrogens with zero attached hydrogens (tertiary/aromatic N) is 4. The van der Waals surface area contributed by atoms with Crippen LogP contribution in [0.1, 0.15) is 17.9 Å². The van der Waals surface area contributed by atoms with Gasteiger partial charge in [-0.1, -0.05) is 0 Å². The summed E-state index contributed by atoms with van der Waals surface area (Å²) in [5.74, 6) is -0.711. The molecular weight excluding hydrogens is 434 g/mol. The lowest BCUT2D eigenvalue weighted by atomic mass is 10.0. The van der Waals surface area contributed by atoms with Crippen LogP contribution in [0.3, 0.4) is 0 Å². The van der Waals surface area contributed by atoms with Gasteiger partial charge in [-0.05, 0) is 60.5 Å². The monoisotopic (exact) mass is 451 g/mol. The van der Waals surface area contributed by atoms with Crippen LogP contribution >= 0.6 is 0 Å². The predicted octanol–water partition coefficient (Wildman–Crippen LogP) is 6.20. The molecule has 5 aromatic rings. The van der Waals surface area contributed by atoms with E-state index in [1.165, 1.54) is 18.5 Å². The Morgan fingerprint density at radius 1 is 0.879 bits per heavy atom. The van der Waals surface area contributed by atoms with Gasteiger partial charge >= 0.3 is 0 Å². The Kier molecular flexibility index (Phi) is 4.96. The van der Waals surface area contributed by atoms with E-state index in [1.807, 2.05) is 0 Å². The van der Waals surface area contributed by atoms with Crippen molar-refractivity contribution in [2.24, 2.45) is 0 Å². The Morgan fingerprint density at radius 3 is 2.39 bits per heavy atom. The number of halogens is 4. The van der Waals surface area contributed by atoms with Gasteiger partial charge in [-0.2, -0.15) is 0 Å². The molecule has 5 rings (SSSR count). The van der Waals surface area contributed by atoms with Crippen molar-refractivity contribution in [3.8, 4) is 16.8 Å². The predicted molar refractivity (Wildman–Crippen MR) is 119 cm³/mol. The van der Waals surface area contributed by atoms with Gasteiger partial charge in [-0.3, -0.25) is 14.5 Å². The fraction of sp³-hybridized carbons (Fsp3) is 0.125. The number of hydrogen-bond acceptors (Lipinski definition) is 4. The summed E-state index contributed by atoms with van der Waals surface area (Å²) in [6.07, 6.45) is 0.0368. The largest absolute Gasteiger partial charge is 0.386 e. The lowest BCUT2D eigenvalue weighted by molar-refractivity contribution is 0.146. The maximum Gasteiger partial charge on any atom is 0.280 e. The van der Waals surface area contributed by atoms with E-state index in [1.54, 1.807) is 42.8 Å². The number of pyridine rings is 2. The molecule has 0 amide bonds. The molecule has 166 valence electrons. The second-order valence-electron chi connectivity index (χ2n) is 7.49. The van der Waals surface area contributed by atoms with Gasteiger partial charge in [0.2, 0.25) is 0 Å². The summed E-state index contributed by atoms with van der Waals surface area (Å²) in [6, 6.07) is 10.2. The second kappa shape index (κ2) is 7.84. The number of aromatic nitrogens is 4. The lowest BCUT2D eigenvalue weighted by Crippen LogP contribution is -2.01. The molecule has 0 unspecified atom stereocenters. The summed E-state index contributed by atoms with van der Waals surface area (Å²) < 4.78 is 57.3. The molecule has 1 N–H and O–H groups in total. The average Bonchev–Trinajstić information content (AvgIpc) is 3.16. The molecule has 0 saturated heterocycles. The number of fused-ring (bicyclic) bond motifs is 2. The Labute approximate surface area is 185 Å². The molecule has 0 spiro atoms. The van der Waals surface area contributed by atoms with Crippen LogP contribution in [0.2, 0.25) is 0 Å². The van der Waals surface area contributed by atoms with Crippen molar-refractivity contribution in [2.75, 3.05) is 12.4 Å². The highest BCUT2D eigenvalue weighted by Crippen LogP contribution is 2.35. The number of alkyl halides is 2. The highest BCUT2D eigenvalue weighted by atomic mass is 19.3. The molecule has 33 heavy (non-hydrogen) atoms. The van der Waals surface area contributed by atoms with Crippen LogP contribution in [0.4, 0.5) is 23.2 Å². The molecule has 2 aromatic carbocycles. The van der Waals surface area contributed by atoms with Gasteiger partial charge in [0.15, 0.2) is 0 Å². The zero-order valence-corrected chi connectivity index (χ0v) is 17.6. The number of benzene rings is 2. The topological polar surface area (TPSA) is 55.6 Å². The molecule has 3 aromatic heterocycles. The van der Waals surface area contributed by atoms with Crippen LogP contribution < -0.4 is 5.32 Å². The summed E-state index contributed by atoms with van der Waals surface area (Å²) in [7, 11) is 1.72. The van der Waals surface area contributed by atoms with Crippen molar-refractivity contribution in [2.45, 2.75) is 13.3 Å². The van der Waals surface area contributed by atoms with Crippen molar-refractivity contribution in [3.63, 3.8) is 0 Å². The lowest BCUT2D eigenvalue weighted by Gasteiger charge is -2.13. The SMILES string of the molecule is CNc1cc(-c2ccnc(C(F)F)c2)cc2c1nc(C)n2-c1ccnc2c(F)ccc(F)c12. The minimum atomic E-state index is -2.70. The average molecular weight is 451 g/mol. The highest BCUT2D eigenvalue weighted by molar-refractivity contribution is 5.97. The second-order valence-corrected chi connectivity index (χ2v) is 7.49. The van der Waals surface area contributed by atoms with E-state index in [4.69, 9.17) is 0 Å². The smallest absolute Gasteiger partial charge is 0.280 e. The molecule has 0 aliphatic heterocycles. The minimum Gasteiger partial charge on any atom is -0.386 e. The molecular formula is C24H17F4N5. The van der Waals surface area contributed by atoms with E-state index in [9.17, 15) is 17.6 Å².